The number of nitrogen functional groups attached to an aromatic ring is 1. The van der Waals surface area contributed by atoms with E-state index in [0.29, 0.717) is 23.6 Å². The second-order valence-corrected chi connectivity index (χ2v) is 3.71. The number of aromatic nitrogens is 4. The van der Waals surface area contributed by atoms with Crippen molar-refractivity contribution in [1.29, 1.82) is 0 Å². The summed E-state index contributed by atoms with van der Waals surface area (Å²) in [6.45, 7) is 4.08. The minimum Gasteiger partial charge on any atom is -0.436 e. The van der Waals surface area contributed by atoms with Crippen molar-refractivity contribution < 1.29 is 4.74 Å². The van der Waals surface area contributed by atoms with Gasteiger partial charge in [-0.15, -0.1) is 0 Å². The van der Waals surface area contributed by atoms with Crippen LogP contribution >= 0.6 is 0 Å². The van der Waals surface area contributed by atoms with Crippen LogP contribution in [-0.2, 0) is 0 Å². The van der Waals surface area contributed by atoms with Gasteiger partial charge in [-0.3, -0.25) is 10.1 Å². The molecule has 17 heavy (non-hydrogen) atoms. The van der Waals surface area contributed by atoms with Crippen LogP contribution in [0.25, 0.3) is 0 Å². The Morgan fingerprint density at radius 1 is 1.47 bits per heavy atom. The summed E-state index contributed by atoms with van der Waals surface area (Å²) in [5.74, 6) is 6.55. The van der Waals surface area contributed by atoms with Crippen molar-refractivity contribution in [1.82, 2.24) is 19.7 Å². The molecule has 0 aromatic carbocycles. The number of nitrogens with zero attached hydrogens (tertiary/aromatic N) is 4. The Balaban J connectivity index is 2.13. The van der Waals surface area contributed by atoms with Crippen molar-refractivity contribution in [3.8, 4) is 11.6 Å². The smallest absolute Gasteiger partial charge is 0.240 e. The first-order valence-corrected chi connectivity index (χ1v) is 5.20. The zero-order valence-electron chi connectivity index (χ0n) is 9.66. The fraction of sp³-hybridized carbons (Fsp3) is 0.300. The van der Waals surface area contributed by atoms with Crippen LogP contribution in [0.3, 0.4) is 0 Å². The molecule has 0 aliphatic rings. The molecule has 3 N–H and O–H groups in total. The Morgan fingerprint density at radius 3 is 2.94 bits per heavy atom. The monoisotopic (exact) mass is 234 g/mol. The number of hydrazine groups is 1. The van der Waals surface area contributed by atoms with E-state index in [9.17, 15) is 0 Å². The molecule has 2 heterocycles. The second-order valence-electron chi connectivity index (χ2n) is 3.71. The Morgan fingerprint density at radius 2 is 2.29 bits per heavy atom. The lowest BCUT2D eigenvalue weighted by Gasteiger charge is -2.04. The predicted octanol–water partition coefficient (Wildman–Crippen LogP) is 1.33. The molecule has 2 rings (SSSR count). The molecular weight excluding hydrogens is 220 g/mol. The largest absolute Gasteiger partial charge is 0.436 e. The van der Waals surface area contributed by atoms with Gasteiger partial charge in [0.15, 0.2) is 5.75 Å². The number of ether oxygens (including phenoxy) is 1. The van der Waals surface area contributed by atoms with E-state index >= 15 is 0 Å². The zero-order chi connectivity index (χ0) is 12.3. The van der Waals surface area contributed by atoms with E-state index in [4.69, 9.17) is 10.6 Å². The van der Waals surface area contributed by atoms with Crippen LogP contribution in [0.2, 0.25) is 0 Å². The first-order valence-electron chi connectivity index (χ1n) is 5.20. The van der Waals surface area contributed by atoms with Crippen LogP contribution in [0.5, 0.6) is 11.6 Å². The van der Waals surface area contributed by atoms with E-state index < -0.39 is 0 Å². The number of nitrogens with two attached hydrogens (primary N) is 1. The van der Waals surface area contributed by atoms with Gasteiger partial charge in [-0.05, 0) is 13.8 Å². The summed E-state index contributed by atoms with van der Waals surface area (Å²) in [6, 6.07) is 1.94. The highest BCUT2D eigenvalue weighted by molar-refractivity contribution is 5.28. The summed E-state index contributed by atoms with van der Waals surface area (Å²) in [5, 5.41) is 4.16. The fourth-order valence-corrected chi connectivity index (χ4v) is 1.24. The molecule has 0 amide bonds. The summed E-state index contributed by atoms with van der Waals surface area (Å²) < 4.78 is 7.33. The number of hydrogen-bond acceptors (Lipinski definition) is 6. The molecule has 2 aromatic rings. The molecule has 0 fully saturated rings. The van der Waals surface area contributed by atoms with Gasteiger partial charge in [0.1, 0.15) is 0 Å². The molecule has 0 spiro atoms. The van der Waals surface area contributed by atoms with Crippen LogP contribution in [0, 0.1) is 0 Å². The van der Waals surface area contributed by atoms with Gasteiger partial charge < -0.3 is 4.74 Å². The van der Waals surface area contributed by atoms with Crippen LogP contribution in [0.4, 0.5) is 5.95 Å². The van der Waals surface area contributed by atoms with Gasteiger partial charge in [-0.25, -0.2) is 10.8 Å². The molecule has 0 bridgehead atoms. The van der Waals surface area contributed by atoms with E-state index in [-0.39, 0.29) is 0 Å². The summed E-state index contributed by atoms with van der Waals surface area (Å²) in [4.78, 5) is 7.92. The lowest BCUT2D eigenvalue weighted by Crippen LogP contribution is -2.10. The summed E-state index contributed by atoms with van der Waals surface area (Å²) >= 11 is 0. The Kier molecular flexibility index (Phi) is 3.20. The van der Waals surface area contributed by atoms with Crippen molar-refractivity contribution >= 4 is 5.95 Å². The van der Waals surface area contributed by atoms with Crippen LogP contribution in [0.1, 0.15) is 19.9 Å². The first-order chi connectivity index (χ1) is 8.19. The van der Waals surface area contributed by atoms with Gasteiger partial charge in [-0.1, -0.05) is 0 Å². The Bertz CT molecular complexity index is 495. The van der Waals surface area contributed by atoms with Gasteiger partial charge >= 0.3 is 0 Å². The van der Waals surface area contributed by atoms with Crippen LogP contribution in [-0.4, -0.2) is 19.7 Å². The summed E-state index contributed by atoms with van der Waals surface area (Å²) in [7, 11) is 0. The van der Waals surface area contributed by atoms with Gasteiger partial charge in [-0.2, -0.15) is 10.1 Å². The highest BCUT2D eigenvalue weighted by atomic mass is 16.5. The molecule has 0 radical (unpaired) electrons. The molecule has 0 saturated carbocycles. The quantitative estimate of drug-likeness (QED) is 0.612. The molecule has 0 atom stereocenters. The van der Waals surface area contributed by atoms with Crippen molar-refractivity contribution in [2.24, 2.45) is 5.84 Å². The SMILES string of the molecule is CC(C)n1cc(Oc2ccnc(NN)n2)cn1. The van der Waals surface area contributed by atoms with Crippen molar-refractivity contribution in [2.45, 2.75) is 19.9 Å². The minimum absolute atomic E-state index is 0.291. The average molecular weight is 234 g/mol. The fourth-order valence-electron chi connectivity index (χ4n) is 1.24. The highest BCUT2D eigenvalue weighted by Gasteiger charge is 2.05. The molecular formula is C10H14N6O. The van der Waals surface area contributed by atoms with Crippen LogP contribution < -0.4 is 16.0 Å². The maximum atomic E-state index is 5.52. The molecule has 2 aromatic heterocycles. The van der Waals surface area contributed by atoms with Crippen molar-refractivity contribution in [2.75, 3.05) is 5.43 Å². The normalized spacial score (nSPS) is 10.6. The van der Waals surface area contributed by atoms with Crippen LogP contribution in [0.15, 0.2) is 24.7 Å². The van der Waals surface area contributed by atoms with E-state index in [1.54, 1.807) is 23.1 Å². The third-order valence-corrected chi connectivity index (χ3v) is 2.09. The minimum atomic E-state index is 0.291. The molecule has 0 saturated heterocycles. The molecule has 0 aliphatic carbocycles. The maximum absolute atomic E-state index is 5.52. The second kappa shape index (κ2) is 4.79. The molecule has 90 valence electrons. The van der Waals surface area contributed by atoms with Crippen molar-refractivity contribution in [3.05, 3.63) is 24.7 Å². The topological polar surface area (TPSA) is 90.9 Å². The lowest BCUT2D eigenvalue weighted by atomic mass is 10.4. The van der Waals surface area contributed by atoms with E-state index in [0.717, 1.165) is 0 Å². The third kappa shape index (κ3) is 2.70. The Labute approximate surface area is 98.6 Å². The Hall–Kier alpha value is -2.15. The van der Waals surface area contributed by atoms with E-state index in [2.05, 4.69) is 20.5 Å². The number of hydrogen-bond donors (Lipinski definition) is 2. The summed E-state index contributed by atoms with van der Waals surface area (Å²) in [5.41, 5.74) is 2.35. The third-order valence-electron chi connectivity index (χ3n) is 2.09. The van der Waals surface area contributed by atoms with Gasteiger partial charge in [0.2, 0.25) is 11.8 Å². The van der Waals surface area contributed by atoms with E-state index in [1.165, 1.54) is 0 Å². The molecule has 0 unspecified atom stereocenters. The molecule has 7 nitrogen and oxygen atoms in total. The maximum Gasteiger partial charge on any atom is 0.240 e. The first kappa shape index (κ1) is 11.3. The predicted molar refractivity (Wildman–Crippen MR) is 62.5 cm³/mol. The number of rotatable bonds is 4. The van der Waals surface area contributed by atoms with Gasteiger partial charge in [0.25, 0.3) is 0 Å². The van der Waals surface area contributed by atoms with Gasteiger partial charge in [0, 0.05) is 18.3 Å². The standard InChI is InChI=1S/C10H14N6O/c1-7(2)16-6-8(5-13-16)17-9-3-4-12-10(14-9)15-11/h3-7H,11H2,1-2H3,(H,12,14,15). The highest BCUT2D eigenvalue weighted by Crippen LogP contribution is 2.19. The number of anilines is 1. The molecule has 0 aliphatic heterocycles. The van der Waals surface area contributed by atoms with E-state index in [1.807, 2.05) is 20.0 Å². The number of nitrogens with one attached hydrogen (secondary N) is 1. The zero-order valence-corrected chi connectivity index (χ0v) is 9.66. The van der Waals surface area contributed by atoms with Gasteiger partial charge in [0.05, 0.1) is 12.4 Å². The average Bonchev–Trinajstić information content (AvgIpc) is 2.78. The lowest BCUT2D eigenvalue weighted by molar-refractivity contribution is 0.458. The van der Waals surface area contributed by atoms with Crippen molar-refractivity contribution in [3.63, 3.8) is 0 Å². The summed E-state index contributed by atoms with van der Waals surface area (Å²) in [6.07, 6.45) is 5.00. The molecule has 7 heteroatoms.